The number of ether oxygens (including phenoxy) is 1. The van der Waals surface area contributed by atoms with E-state index in [0.29, 0.717) is 25.3 Å². The van der Waals surface area contributed by atoms with Crippen LogP contribution in [0.2, 0.25) is 0 Å². The summed E-state index contributed by atoms with van der Waals surface area (Å²) in [6, 6.07) is 19.4. The SMILES string of the molecule is CC(C)(C)c1cc(NC(=O)CCCOc2ccccc2)n(-c2ccc(Br)cc2)n1. The largest absolute Gasteiger partial charge is 0.494 e. The van der Waals surface area contributed by atoms with Gasteiger partial charge in [-0.25, -0.2) is 4.68 Å². The smallest absolute Gasteiger partial charge is 0.225 e. The highest BCUT2D eigenvalue weighted by atomic mass is 79.9. The predicted molar refractivity (Wildman–Crippen MR) is 120 cm³/mol. The van der Waals surface area contributed by atoms with E-state index in [2.05, 4.69) is 42.0 Å². The normalized spacial score (nSPS) is 11.3. The van der Waals surface area contributed by atoms with Gasteiger partial charge in [0, 0.05) is 22.4 Å². The number of nitrogens with one attached hydrogen (secondary N) is 1. The number of carbonyl (C=O) groups excluding carboxylic acids is 1. The maximum atomic E-state index is 12.5. The number of halogens is 1. The van der Waals surface area contributed by atoms with E-state index in [1.165, 1.54) is 0 Å². The molecule has 0 aliphatic heterocycles. The van der Waals surface area contributed by atoms with Crippen molar-refractivity contribution in [2.45, 2.75) is 39.0 Å². The minimum Gasteiger partial charge on any atom is -0.494 e. The van der Waals surface area contributed by atoms with E-state index in [1.807, 2.05) is 60.7 Å². The fourth-order valence-electron chi connectivity index (χ4n) is 2.76. The first kappa shape index (κ1) is 21.1. The number of carbonyl (C=O) groups is 1. The molecule has 0 unspecified atom stereocenters. The molecule has 5 nitrogen and oxygen atoms in total. The lowest BCUT2D eigenvalue weighted by Crippen LogP contribution is -2.15. The third-order valence-electron chi connectivity index (χ3n) is 4.38. The average Bonchev–Trinajstić information content (AvgIpc) is 3.11. The Morgan fingerprint density at radius 1 is 1.10 bits per heavy atom. The molecular weight excluding hydrogens is 430 g/mol. The molecule has 1 N–H and O–H groups in total. The zero-order valence-corrected chi connectivity index (χ0v) is 18.6. The lowest BCUT2D eigenvalue weighted by molar-refractivity contribution is -0.116. The molecule has 0 aliphatic rings. The first-order valence-electron chi connectivity index (χ1n) is 9.67. The number of anilines is 1. The minimum absolute atomic E-state index is 0.0552. The molecular formula is C23H26BrN3O2. The number of nitrogens with zero attached hydrogens (tertiary/aromatic N) is 2. The van der Waals surface area contributed by atoms with Crippen LogP contribution in [-0.4, -0.2) is 22.3 Å². The molecule has 29 heavy (non-hydrogen) atoms. The van der Waals surface area contributed by atoms with Crippen molar-refractivity contribution in [3.63, 3.8) is 0 Å². The Morgan fingerprint density at radius 3 is 2.45 bits per heavy atom. The molecule has 3 aromatic rings. The maximum Gasteiger partial charge on any atom is 0.225 e. The number of hydrogen-bond donors (Lipinski definition) is 1. The topological polar surface area (TPSA) is 56.1 Å². The zero-order valence-electron chi connectivity index (χ0n) is 17.0. The molecule has 0 saturated carbocycles. The average molecular weight is 456 g/mol. The molecule has 0 fully saturated rings. The quantitative estimate of drug-likeness (QED) is 0.462. The van der Waals surface area contributed by atoms with Crippen LogP contribution in [0.15, 0.2) is 65.1 Å². The van der Waals surface area contributed by atoms with Crippen LogP contribution >= 0.6 is 15.9 Å². The second-order valence-corrected chi connectivity index (χ2v) is 8.78. The van der Waals surface area contributed by atoms with Gasteiger partial charge in [-0.2, -0.15) is 5.10 Å². The number of amides is 1. The molecule has 0 aliphatic carbocycles. The third-order valence-corrected chi connectivity index (χ3v) is 4.91. The van der Waals surface area contributed by atoms with Crippen molar-refractivity contribution in [2.24, 2.45) is 0 Å². The Morgan fingerprint density at radius 2 is 1.79 bits per heavy atom. The fraction of sp³-hybridized carbons (Fsp3) is 0.304. The van der Waals surface area contributed by atoms with Crippen molar-refractivity contribution in [1.82, 2.24) is 9.78 Å². The second-order valence-electron chi connectivity index (χ2n) is 7.87. The van der Waals surface area contributed by atoms with Gasteiger partial charge in [-0.3, -0.25) is 4.79 Å². The van der Waals surface area contributed by atoms with Gasteiger partial charge in [-0.1, -0.05) is 54.9 Å². The summed E-state index contributed by atoms with van der Waals surface area (Å²) in [6.45, 7) is 6.81. The van der Waals surface area contributed by atoms with Crippen LogP contribution in [0.25, 0.3) is 5.69 Å². The van der Waals surface area contributed by atoms with Gasteiger partial charge < -0.3 is 10.1 Å². The summed E-state index contributed by atoms with van der Waals surface area (Å²) in [6.07, 6.45) is 1.02. The van der Waals surface area contributed by atoms with Gasteiger partial charge in [-0.05, 0) is 42.8 Å². The van der Waals surface area contributed by atoms with E-state index in [1.54, 1.807) is 4.68 Å². The Labute approximate surface area is 180 Å². The van der Waals surface area contributed by atoms with Crippen LogP contribution in [0.5, 0.6) is 5.75 Å². The molecule has 6 heteroatoms. The third kappa shape index (κ3) is 5.94. The molecule has 1 aromatic heterocycles. The molecule has 2 aromatic carbocycles. The highest BCUT2D eigenvalue weighted by Crippen LogP contribution is 2.27. The second kappa shape index (κ2) is 9.27. The van der Waals surface area contributed by atoms with Crippen molar-refractivity contribution in [3.05, 3.63) is 70.8 Å². The van der Waals surface area contributed by atoms with Crippen LogP contribution < -0.4 is 10.1 Å². The fourth-order valence-corrected chi connectivity index (χ4v) is 3.02. The van der Waals surface area contributed by atoms with Crippen LogP contribution in [0, 0.1) is 0 Å². The summed E-state index contributed by atoms with van der Waals surface area (Å²) >= 11 is 3.45. The van der Waals surface area contributed by atoms with Crippen LogP contribution in [0.1, 0.15) is 39.3 Å². The molecule has 0 atom stereocenters. The Balaban J connectivity index is 1.66. The number of para-hydroxylation sites is 1. The molecule has 152 valence electrons. The van der Waals surface area contributed by atoms with E-state index < -0.39 is 0 Å². The van der Waals surface area contributed by atoms with E-state index in [-0.39, 0.29) is 11.3 Å². The standard InChI is InChI=1S/C23H26BrN3O2/c1-23(2,3)20-16-21(27(26-20)18-13-11-17(24)12-14-18)25-22(28)10-7-15-29-19-8-5-4-6-9-19/h4-6,8-9,11-14,16H,7,10,15H2,1-3H3,(H,25,28). The van der Waals surface area contributed by atoms with Gasteiger partial charge >= 0.3 is 0 Å². The van der Waals surface area contributed by atoms with Crippen LogP contribution in [0.4, 0.5) is 5.82 Å². The Bertz CT molecular complexity index is 945. The molecule has 1 heterocycles. The highest BCUT2D eigenvalue weighted by molar-refractivity contribution is 9.10. The summed E-state index contributed by atoms with van der Waals surface area (Å²) in [4.78, 5) is 12.5. The molecule has 0 saturated heterocycles. The summed E-state index contributed by atoms with van der Waals surface area (Å²) in [5.74, 6) is 1.43. The van der Waals surface area contributed by atoms with Gasteiger partial charge in [0.05, 0.1) is 18.0 Å². The van der Waals surface area contributed by atoms with Crippen LogP contribution in [0.3, 0.4) is 0 Å². The van der Waals surface area contributed by atoms with E-state index >= 15 is 0 Å². The molecule has 1 amide bonds. The lowest BCUT2D eigenvalue weighted by atomic mass is 9.92. The Kier molecular flexibility index (Phi) is 6.75. The summed E-state index contributed by atoms with van der Waals surface area (Å²) in [5.41, 5.74) is 1.69. The number of aromatic nitrogens is 2. The van der Waals surface area contributed by atoms with Crippen molar-refractivity contribution < 1.29 is 9.53 Å². The van der Waals surface area contributed by atoms with E-state index in [0.717, 1.165) is 21.6 Å². The van der Waals surface area contributed by atoms with Crippen molar-refractivity contribution in [3.8, 4) is 11.4 Å². The monoisotopic (exact) mass is 455 g/mol. The van der Waals surface area contributed by atoms with Gasteiger partial charge in [0.25, 0.3) is 0 Å². The van der Waals surface area contributed by atoms with E-state index in [4.69, 9.17) is 9.84 Å². The van der Waals surface area contributed by atoms with Crippen LogP contribution in [-0.2, 0) is 10.2 Å². The van der Waals surface area contributed by atoms with Crippen molar-refractivity contribution >= 4 is 27.7 Å². The zero-order chi connectivity index (χ0) is 20.9. The first-order chi connectivity index (χ1) is 13.8. The minimum atomic E-state index is -0.121. The lowest BCUT2D eigenvalue weighted by Gasteiger charge is -2.14. The highest BCUT2D eigenvalue weighted by Gasteiger charge is 2.21. The molecule has 0 spiro atoms. The van der Waals surface area contributed by atoms with Crippen molar-refractivity contribution in [1.29, 1.82) is 0 Å². The van der Waals surface area contributed by atoms with Gasteiger partial charge in [0.15, 0.2) is 0 Å². The van der Waals surface area contributed by atoms with Crippen molar-refractivity contribution in [2.75, 3.05) is 11.9 Å². The molecule has 0 bridgehead atoms. The Hall–Kier alpha value is -2.60. The number of rotatable bonds is 7. The summed E-state index contributed by atoms with van der Waals surface area (Å²) < 4.78 is 8.43. The molecule has 0 radical (unpaired) electrons. The maximum absolute atomic E-state index is 12.5. The molecule has 3 rings (SSSR count). The van der Waals surface area contributed by atoms with Gasteiger partial charge in [-0.15, -0.1) is 0 Å². The summed E-state index contributed by atoms with van der Waals surface area (Å²) in [5, 5.41) is 7.74. The summed E-state index contributed by atoms with van der Waals surface area (Å²) in [7, 11) is 0. The first-order valence-corrected chi connectivity index (χ1v) is 10.5. The van der Waals surface area contributed by atoms with Gasteiger partial charge in [0.2, 0.25) is 5.91 Å². The predicted octanol–water partition coefficient (Wildman–Crippen LogP) is 5.73. The van der Waals surface area contributed by atoms with Gasteiger partial charge in [0.1, 0.15) is 11.6 Å². The number of hydrogen-bond acceptors (Lipinski definition) is 3. The van der Waals surface area contributed by atoms with E-state index in [9.17, 15) is 4.79 Å². The number of benzene rings is 2.